The van der Waals surface area contributed by atoms with Gasteiger partial charge in [0.15, 0.2) is 0 Å². The van der Waals surface area contributed by atoms with E-state index in [1.54, 1.807) is 19.2 Å². The quantitative estimate of drug-likeness (QED) is 0.494. The van der Waals surface area contributed by atoms with Gasteiger partial charge in [0, 0.05) is 7.05 Å². The molecule has 1 aliphatic carbocycles. The van der Waals surface area contributed by atoms with Gasteiger partial charge in [-0.3, -0.25) is 14.4 Å². The second-order valence-electron chi connectivity index (χ2n) is 4.45. The maximum atomic E-state index is 12.0. The highest BCUT2D eigenvalue weighted by molar-refractivity contribution is 5.94. The molecule has 0 aromatic heterocycles. The monoisotopic (exact) mass is 253 g/mol. The van der Waals surface area contributed by atoms with Crippen LogP contribution in [0.2, 0.25) is 0 Å². The summed E-state index contributed by atoms with van der Waals surface area (Å²) in [6, 6.07) is -0.445. The molecule has 0 aromatic carbocycles. The number of hydrogen-bond acceptors (Lipinski definition) is 5. The lowest BCUT2D eigenvalue weighted by Crippen LogP contribution is -2.61. The number of hydrogen-bond donors (Lipinski definition) is 0. The topological polar surface area (TPSA) is 72.9 Å². The van der Waals surface area contributed by atoms with E-state index in [4.69, 9.17) is 9.47 Å². The second-order valence-corrected chi connectivity index (χ2v) is 4.45. The van der Waals surface area contributed by atoms with Gasteiger partial charge < -0.3 is 14.4 Å². The van der Waals surface area contributed by atoms with Crippen LogP contribution in [-0.2, 0) is 23.9 Å². The number of carbonyl (C=O) groups is 3. The Morgan fingerprint density at radius 3 is 2.22 bits per heavy atom. The van der Waals surface area contributed by atoms with Crippen molar-refractivity contribution in [3.63, 3.8) is 0 Å². The molecule has 0 aromatic rings. The number of rotatable bonds is 2. The molecule has 6 heteroatoms. The predicted molar refractivity (Wildman–Crippen MR) is 60.2 cm³/mol. The molecule has 0 radical (unpaired) electrons. The molecule has 0 N–H and O–H groups in total. The Labute approximate surface area is 105 Å². The van der Waals surface area contributed by atoms with Crippen molar-refractivity contribution in [1.82, 2.24) is 4.90 Å². The molecule has 3 aliphatic rings. The van der Waals surface area contributed by atoms with Crippen LogP contribution < -0.4 is 0 Å². The van der Waals surface area contributed by atoms with Crippen molar-refractivity contribution < 1.29 is 23.9 Å². The van der Waals surface area contributed by atoms with Gasteiger partial charge in [-0.1, -0.05) is 12.2 Å². The zero-order chi connectivity index (χ0) is 13.4. The van der Waals surface area contributed by atoms with Crippen molar-refractivity contribution in [2.75, 3.05) is 21.3 Å². The summed E-state index contributed by atoms with van der Waals surface area (Å²) in [7, 11) is 4.13. The minimum Gasteiger partial charge on any atom is -0.469 e. The van der Waals surface area contributed by atoms with Gasteiger partial charge >= 0.3 is 11.9 Å². The number of likely N-dealkylation sites (N-methyl/N-ethyl adjacent to an activating group) is 1. The van der Waals surface area contributed by atoms with Gasteiger partial charge in [0.25, 0.3) is 0 Å². The summed E-state index contributed by atoms with van der Waals surface area (Å²) in [6.07, 6.45) is 3.45. The molecule has 1 saturated heterocycles. The minimum atomic E-state index is -0.791. The summed E-state index contributed by atoms with van der Waals surface area (Å²) in [4.78, 5) is 37.1. The normalized spacial score (nSPS) is 33.5. The third-order valence-corrected chi connectivity index (χ3v) is 3.68. The molecule has 1 amide bonds. The summed E-state index contributed by atoms with van der Waals surface area (Å²) in [5.74, 6) is -3.34. The van der Waals surface area contributed by atoms with Crippen molar-refractivity contribution in [3.8, 4) is 0 Å². The number of esters is 2. The fourth-order valence-corrected chi connectivity index (χ4v) is 2.75. The van der Waals surface area contributed by atoms with E-state index < -0.39 is 35.7 Å². The highest BCUT2D eigenvalue weighted by atomic mass is 16.5. The lowest BCUT2D eigenvalue weighted by atomic mass is 9.68. The largest absolute Gasteiger partial charge is 0.469 e. The molecule has 0 spiro atoms. The second kappa shape index (κ2) is 4.44. The van der Waals surface area contributed by atoms with Crippen LogP contribution in [0.1, 0.15) is 0 Å². The number of ether oxygens (including phenoxy) is 2. The SMILES string of the molecule is COC(=O)C1C2C=CC(C1C(=O)OC)N(C)C2=O. The molecule has 6 nitrogen and oxygen atoms in total. The molecule has 4 unspecified atom stereocenters. The fraction of sp³-hybridized carbons (Fsp3) is 0.583. The Balaban J connectivity index is 2.43. The average Bonchev–Trinajstić information content (AvgIpc) is 2.41. The van der Waals surface area contributed by atoms with Crippen LogP contribution in [0.15, 0.2) is 12.2 Å². The number of carbonyl (C=O) groups excluding carboxylic acids is 3. The Hall–Kier alpha value is -1.85. The first-order valence-corrected chi connectivity index (χ1v) is 5.63. The summed E-state index contributed by atoms with van der Waals surface area (Å²) < 4.78 is 9.43. The van der Waals surface area contributed by atoms with E-state index in [-0.39, 0.29) is 5.91 Å². The molecule has 2 heterocycles. The standard InChI is InChI=1S/C12H15NO5/c1-13-7-5-4-6(10(13)14)8(11(15)17-2)9(7)12(16)18-3/h4-9H,1-3H3. The van der Waals surface area contributed by atoms with Crippen molar-refractivity contribution in [3.05, 3.63) is 12.2 Å². The van der Waals surface area contributed by atoms with Crippen LogP contribution >= 0.6 is 0 Å². The zero-order valence-electron chi connectivity index (χ0n) is 10.5. The molecular formula is C12H15NO5. The Morgan fingerprint density at radius 1 is 1.11 bits per heavy atom. The molecule has 2 bridgehead atoms. The average molecular weight is 253 g/mol. The van der Waals surface area contributed by atoms with Gasteiger partial charge in [0.1, 0.15) is 0 Å². The highest BCUT2D eigenvalue weighted by Crippen LogP contribution is 2.40. The van der Waals surface area contributed by atoms with E-state index >= 15 is 0 Å². The van der Waals surface area contributed by atoms with E-state index in [1.807, 2.05) is 0 Å². The van der Waals surface area contributed by atoms with Gasteiger partial charge in [-0.25, -0.2) is 0 Å². The fourth-order valence-electron chi connectivity index (χ4n) is 2.75. The molecule has 18 heavy (non-hydrogen) atoms. The summed E-state index contributed by atoms with van der Waals surface area (Å²) in [5.41, 5.74) is 0. The van der Waals surface area contributed by atoms with Crippen LogP contribution in [0.5, 0.6) is 0 Å². The van der Waals surface area contributed by atoms with Crippen molar-refractivity contribution in [1.29, 1.82) is 0 Å². The zero-order valence-corrected chi connectivity index (χ0v) is 10.5. The van der Waals surface area contributed by atoms with Crippen molar-refractivity contribution in [2.45, 2.75) is 6.04 Å². The third kappa shape index (κ3) is 1.60. The molecule has 98 valence electrons. The number of nitrogens with zero attached hydrogens (tertiary/aromatic N) is 1. The van der Waals surface area contributed by atoms with Crippen LogP contribution in [0, 0.1) is 17.8 Å². The van der Waals surface area contributed by atoms with E-state index in [2.05, 4.69) is 0 Å². The van der Waals surface area contributed by atoms with Gasteiger partial charge in [0.2, 0.25) is 5.91 Å². The summed E-state index contributed by atoms with van der Waals surface area (Å²) in [6.45, 7) is 0. The minimum absolute atomic E-state index is 0.168. The van der Waals surface area contributed by atoms with Gasteiger partial charge in [0.05, 0.1) is 38.0 Å². The molecule has 4 atom stereocenters. The van der Waals surface area contributed by atoms with Crippen LogP contribution in [0.4, 0.5) is 0 Å². The Morgan fingerprint density at radius 2 is 1.67 bits per heavy atom. The van der Waals surface area contributed by atoms with Crippen LogP contribution in [0.25, 0.3) is 0 Å². The van der Waals surface area contributed by atoms with E-state index in [1.165, 1.54) is 19.1 Å². The lowest BCUT2D eigenvalue weighted by Gasteiger charge is -2.46. The van der Waals surface area contributed by atoms with Gasteiger partial charge in [-0.15, -0.1) is 0 Å². The number of methoxy groups -OCH3 is 2. The maximum Gasteiger partial charge on any atom is 0.312 e. The van der Waals surface area contributed by atoms with Gasteiger partial charge in [-0.05, 0) is 0 Å². The molecule has 3 rings (SSSR count). The van der Waals surface area contributed by atoms with Crippen LogP contribution in [-0.4, -0.2) is 50.1 Å². The summed E-state index contributed by atoms with van der Waals surface area (Å²) >= 11 is 0. The summed E-state index contributed by atoms with van der Waals surface area (Å²) in [5, 5.41) is 0. The first kappa shape index (κ1) is 12.6. The number of fused-ring (bicyclic) bond motifs is 2. The Bertz CT molecular complexity index is 430. The molecule has 0 saturated carbocycles. The first-order valence-electron chi connectivity index (χ1n) is 5.63. The van der Waals surface area contributed by atoms with E-state index in [0.717, 1.165) is 0 Å². The molecular weight excluding hydrogens is 238 g/mol. The molecule has 2 aliphatic heterocycles. The number of piperidine rings is 1. The predicted octanol–water partition coefficient (Wildman–Crippen LogP) is -0.409. The smallest absolute Gasteiger partial charge is 0.312 e. The van der Waals surface area contributed by atoms with Crippen molar-refractivity contribution >= 4 is 17.8 Å². The van der Waals surface area contributed by atoms with E-state index in [9.17, 15) is 14.4 Å². The Kier molecular flexibility index (Phi) is 3.11. The first-order chi connectivity index (χ1) is 8.52. The number of amides is 1. The van der Waals surface area contributed by atoms with E-state index in [0.29, 0.717) is 0 Å². The molecule has 1 fully saturated rings. The lowest BCUT2D eigenvalue weighted by molar-refractivity contribution is -0.171. The third-order valence-electron chi connectivity index (χ3n) is 3.68. The maximum absolute atomic E-state index is 12.0. The highest BCUT2D eigenvalue weighted by Gasteiger charge is 2.55. The van der Waals surface area contributed by atoms with Gasteiger partial charge in [-0.2, -0.15) is 0 Å². The van der Waals surface area contributed by atoms with Crippen LogP contribution in [0.3, 0.4) is 0 Å². The van der Waals surface area contributed by atoms with Crippen molar-refractivity contribution in [2.24, 2.45) is 17.8 Å².